The molecule has 0 bridgehead atoms. The fraction of sp³-hybridized carbons (Fsp3) is 0.176. The Morgan fingerprint density at radius 2 is 2.00 bits per heavy atom. The first-order valence-electron chi connectivity index (χ1n) is 8.11. The fourth-order valence-electron chi connectivity index (χ4n) is 2.30. The maximum Gasteiger partial charge on any atom is 0.439 e. The van der Waals surface area contributed by atoms with E-state index in [1.807, 2.05) is 0 Å². The molecule has 12 heteroatoms. The average molecular weight is 441 g/mol. The predicted octanol–water partition coefficient (Wildman–Crippen LogP) is 2.52. The number of hydrogen-bond donors (Lipinski definition) is 2. The summed E-state index contributed by atoms with van der Waals surface area (Å²) in [5.74, 6) is -1.41. The molecule has 0 aliphatic heterocycles. The molecule has 1 aromatic carbocycles. The third-order valence-corrected chi connectivity index (χ3v) is 4.19. The first kappa shape index (κ1) is 20.6. The highest BCUT2D eigenvalue weighted by molar-refractivity contribution is 6.37. The van der Waals surface area contributed by atoms with Gasteiger partial charge in [-0.25, -0.2) is 4.79 Å². The van der Waals surface area contributed by atoms with Crippen molar-refractivity contribution in [2.45, 2.75) is 6.54 Å². The lowest BCUT2D eigenvalue weighted by atomic mass is 10.3. The van der Waals surface area contributed by atoms with Gasteiger partial charge in [0, 0.05) is 31.6 Å². The third kappa shape index (κ3) is 5.05. The van der Waals surface area contributed by atoms with E-state index in [1.54, 1.807) is 0 Å². The molecule has 0 unspecified atom stereocenters. The minimum atomic E-state index is -0.859. The van der Waals surface area contributed by atoms with E-state index < -0.39 is 11.7 Å². The zero-order chi connectivity index (χ0) is 21.0. The zero-order valence-electron chi connectivity index (χ0n) is 14.9. The average Bonchev–Trinajstić information content (AvgIpc) is 3.11. The number of carbonyl (C=O) groups excluding carboxylic acids is 1. The highest BCUT2D eigenvalue weighted by Crippen LogP contribution is 2.38. The minimum absolute atomic E-state index is 0.107. The summed E-state index contributed by atoms with van der Waals surface area (Å²) >= 11 is 12.5. The Kier molecular flexibility index (Phi) is 6.37. The quantitative estimate of drug-likeness (QED) is 0.577. The Hall–Kier alpha value is -3.08. The first-order valence-corrected chi connectivity index (χ1v) is 8.86. The van der Waals surface area contributed by atoms with Crippen LogP contribution in [-0.2, 0) is 11.3 Å². The van der Waals surface area contributed by atoms with Crippen LogP contribution in [0.3, 0.4) is 0 Å². The molecule has 2 heterocycles. The molecule has 152 valence electrons. The topological polar surface area (TPSA) is 128 Å². The van der Waals surface area contributed by atoms with Crippen LogP contribution >= 0.6 is 23.2 Å². The summed E-state index contributed by atoms with van der Waals surface area (Å²) in [4.78, 5) is 36.9. The summed E-state index contributed by atoms with van der Waals surface area (Å²) in [5.41, 5.74) is 0.0295. The second-order valence-electron chi connectivity index (χ2n) is 5.66. The number of amides is 1. The van der Waals surface area contributed by atoms with Gasteiger partial charge in [0.25, 0.3) is 11.5 Å². The molecule has 0 aliphatic carbocycles. The Morgan fingerprint density at radius 1 is 1.28 bits per heavy atom. The summed E-state index contributed by atoms with van der Waals surface area (Å²) in [6.07, 6.45) is 1.50. The van der Waals surface area contributed by atoms with E-state index in [0.717, 1.165) is 0 Å². The van der Waals surface area contributed by atoms with Crippen molar-refractivity contribution in [2.24, 2.45) is 0 Å². The molecule has 1 amide bonds. The molecule has 10 nitrogen and oxygen atoms in total. The second-order valence-corrected chi connectivity index (χ2v) is 6.47. The number of halogens is 2. The van der Waals surface area contributed by atoms with Crippen molar-refractivity contribution in [1.82, 2.24) is 14.7 Å². The maximum atomic E-state index is 12.0. The molecule has 0 spiro atoms. The van der Waals surface area contributed by atoms with Crippen LogP contribution < -0.4 is 21.4 Å². The number of methoxy groups -OCH3 is 1. The van der Waals surface area contributed by atoms with Crippen LogP contribution in [0.4, 0.5) is 5.69 Å². The second kappa shape index (κ2) is 8.95. The van der Waals surface area contributed by atoms with Crippen molar-refractivity contribution in [3.05, 3.63) is 67.2 Å². The van der Waals surface area contributed by atoms with Gasteiger partial charge < -0.3 is 19.4 Å². The molecule has 2 N–H and O–H groups in total. The van der Waals surface area contributed by atoms with Gasteiger partial charge in [-0.2, -0.15) is 0 Å². The number of aromatic nitrogens is 3. The summed E-state index contributed by atoms with van der Waals surface area (Å²) in [7, 11) is 1.53. The number of rotatable bonds is 7. The van der Waals surface area contributed by atoms with Crippen molar-refractivity contribution in [3.63, 3.8) is 0 Å². The standard InChI is InChI=1S/C17H14Cl2N4O6/c1-27-5-4-23-8-10(2-3-13(23)24)28-14-11(18)6-9(7-12(14)19)20-16(25)15-21-17(26)29-22-15/h2-3,6-8H,4-5H2,1H3,(H,20,25)(H,21,22,26). The van der Waals surface area contributed by atoms with Crippen LogP contribution in [0.15, 0.2) is 44.6 Å². The zero-order valence-corrected chi connectivity index (χ0v) is 16.4. The Morgan fingerprint density at radius 3 is 2.62 bits per heavy atom. The number of benzene rings is 1. The molecule has 0 radical (unpaired) electrons. The summed E-state index contributed by atoms with van der Waals surface area (Å²) < 4.78 is 16.4. The molecule has 29 heavy (non-hydrogen) atoms. The van der Waals surface area contributed by atoms with Crippen LogP contribution in [0, 0.1) is 0 Å². The maximum absolute atomic E-state index is 12.0. The highest BCUT2D eigenvalue weighted by Gasteiger charge is 2.16. The van der Waals surface area contributed by atoms with E-state index in [1.165, 1.54) is 42.1 Å². The third-order valence-electron chi connectivity index (χ3n) is 3.62. The molecule has 0 atom stereocenters. The molecular weight excluding hydrogens is 427 g/mol. The molecule has 0 saturated heterocycles. The summed E-state index contributed by atoms with van der Waals surface area (Å²) in [6.45, 7) is 0.707. The van der Waals surface area contributed by atoms with Crippen LogP contribution in [-0.4, -0.2) is 34.3 Å². The van der Waals surface area contributed by atoms with Gasteiger partial charge in [0.1, 0.15) is 5.75 Å². The number of nitrogens with one attached hydrogen (secondary N) is 2. The summed E-state index contributed by atoms with van der Waals surface area (Å²) in [6, 6.07) is 5.63. The molecule has 0 fully saturated rings. The number of pyridine rings is 1. The van der Waals surface area contributed by atoms with E-state index in [9.17, 15) is 14.4 Å². The van der Waals surface area contributed by atoms with E-state index in [4.69, 9.17) is 32.7 Å². The lowest BCUT2D eigenvalue weighted by molar-refractivity contribution is 0.101. The van der Waals surface area contributed by atoms with Crippen LogP contribution in [0.5, 0.6) is 11.5 Å². The number of H-pyrrole nitrogens is 1. The van der Waals surface area contributed by atoms with Crippen molar-refractivity contribution < 1.29 is 18.8 Å². The molecule has 0 aliphatic rings. The Labute approximate surface area is 172 Å². The van der Waals surface area contributed by atoms with E-state index in [-0.39, 0.29) is 32.9 Å². The van der Waals surface area contributed by atoms with Crippen LogP contribution in [0.1, 0.15) is 10.6 Å². The lowest BCUT2D eigenvalue weighted by Gasteiger charge is -2.13. The normalized spacial score (nSPS) is 10.7. The van der Waals surface area contributed by atoms with Gasteiger partial charge in [0.15, 0.2) is 5.75 Å². The fourth-order valence-corrected chi connectivity index (χ4v) is 2.86. The first-order chi connectivity index (χ1) is 13.9. The largest absolute Gasteiger partial charge is 0.453 e. The number of anilines is 1. The number of aromatic amines is 1. The Balaban J connectivity index is 1.80. The van der Waals surface area contributed by atoms with Gasteiger partial charge in [0.05, 0.1) is 16.7 Å². The molecule has 3 rings (SSSR count). The van der Waals surface area contributed by atoms with Gasteiger partial charge in [-0.15, -0.1) is 0 Å². The summed E-state index contributed by atoms with van der Waals surface area (Å²) in [5, 5.41) is 5.97. The van der Waals surface area contributed by atoms with Crippen molar-refractivity contribution in [3.8, 4) is 11.5 Å². The number of nitrogens with zero attached hydrogens (tertiary/aromatic N) is 2. The van der Waals surface area contributed by atoms with Gasteiger partial charge in [-0.05, 0) is 23.4 Å². The number of carbonyl (C=O) groups is 1. The predicted molar refractivity (Wildman–Crippen MR) is 104 cm³/mol. The van der Waals surface area contributed by atoms with E-state index >= 15 is 0 Å². The van der Waals surface area contributed by atoms with E-state index in [0.29, 0.717) is 18.9 Å². The van der Waals surface area contributed by atoms with Crippen LogP contribution in [0.25, 0.3) is 0 Å². The van der Waals surface area contributed by atoms with Gasteiger partial charge in [0.2, 0.25) is 5.82 Å². The SMILES string of the molecule is COCCn1cc(Oc2c(Cl)cc(NC(=O)c3noc(=O)[nH]3)cc2Cl)ccc1=O. The molecule has 2 aromatic heterocycles. The molecule has 3 aromatic rings. The van der Waals surface area contributed by atoms with Gasteiger partial charge in [-0.3, -0.25) is 19.1 Å². The van der Waals surface area contributed by atoms with Crippen molar-refractivity contribution in [2.75, 3.05) is 19.0 Å². The number of ether oxygens (including phenoxy) is 2. The van der Waals surface area contributed by atoms with Gasteiger partial charge in [-0.1, -0.05) is 23.2 Å². The lowest BCUT2D eigenvalue weighted by Crippen LogP contribution is -2.20. The molecule has 0 saturated carbocycles. The minimum Gasteiger partial charge on any atom is -0.453 e. The van der Waals surface area contributed by atoms with Crippen molar-refractivity contribution >= 4 is 34.8 Å². The number of hydrogen-bond acceptors (Lipinski definition) is 7. The van der Waals surface area contributed by atoms with Gasteiger partial charge >= 0.3 is 5.76 Å². The van der Waals surface area contributed by atoms with Crippen LogP contribution in [0.2, 0.25) is 10.0 Å². The molecular formula is C17H14Cl2N4O6. The monoisotopic (exact) mass is 440 g/mol. The van der Waals surface area contributed by atoms with Crippen molar-refractivity contribution in [1.29, 1.82) is 0 Å². The van der Waals surface area contributed by atoms with E-state index in [2.05, 4.69) is 20.0 Å². The smallest absolute Gasteiger partial charge is 0.439 e. The Bertz CT molecular complexity index is 1130. The highest BCUT2D eigenvalue weighted by atomic mass is 35.5.